The Kier molecular flexibility index (Phi) is 6.65. The number of hydrogen-bond donors (Lipinski definition) is 0. The van der Waals surface area contributed by atoms with E-state index in [1.807, 2.05) is 0 Å². The lowest BCUT2D eigenvalue weighted by molar-refractivity contribution is -0.138. The van der Waals surface area contributed by atoms with E-state index >= 15 is 0 Å². The molecule has 28 heavy (non-hydrogen) atoms. The van der Waals surface area contributed by atoms with Crippen LogP contribution in [0.15, 0.2) is 30.3 Å². The van der Waals surface area contributed by atoms with Gasteiger partial charge in [0, 0.05) is 31.2 Å². The van der Waals surface area contributed by atoms with Crippen LogP contribution in [0.3, 0.4) is 0 Å². The van der Waals surface area contributed by atoms with Gasteiger partial charge in [-0.3, -0.25) is 4.79 Å². The predicted molar refractivity (Wildman–Crippen MR) is 109 cm³/mol. The van der Waals surface area contributed by atoms with Crippen molar-refractivity contribution in [1.82, 2.24) is 9.80 Å². The van der Waals surface area contributed by atoms with Crippen molar-refractivity contribution in [3.05, 3.63) is 35.9 Å². The maximum atomic E-state index is 13.1. The van der Waals surface area contributed by atoms with Crippen LogP contribution in [-0.4, -0.2) is 73.9 Å². The highest BCUT2D eigenvalue weighted by molar-refractivity contribution is 5.78. The molecule has 0 saturated carbocycles. The molecule has 0 spiro atoms. The van der Waals surface area contributed by atoms with Gasteiger partial charge in [-0.05, 0) is 44.8 Å². The van der Waals surface area contributed by atoms with E-state index in [1.165, 1.54) is 24.8 Å². The number of ether oxygens (including phenoxy) is 2. The number of nitrogens with zero attached hydrogens (tertiary/aromatic N) is 2. The first-order valence-corrected chi connectivity index (χ1v) is 11.0. The fourth-order valence-corrected chi connectivity index (χ4v) is 5.30. The summed E-state index contributed by atoms with van der Waals surface area (Å²) in [5.41, 5.74) is 1.35. The van der Waals surface area contributed by atoms with Gasteiger partial charge in [0.25, 0.3) is 0 Å². The molecule has 1 unspecified atom stereocenters. The maximum absolute atomic E-state index is 13.1. The summed E-state index contributed by atoms with van der Waals surface area (Å²) in [6.07, 6.45) is 7.11. The average molecular weight is 387 g/mol. The van der Waals surface area contributed by atoms with Gasteiger partial charge in [-0.15, -0.1) is 0 Å². The normalized spacial score (nSPS) is 31.4. The molecule has 1 amide bonds. The van der Waals surface area contributed by atoms with Crippen molar-refractivity contribution in [2.75, 3.05) is 40.0 Å². The van der Waals surface area contributed by atoms with Gasteiger partial charge in [-0.2, -0.15) is 0 Å². The van der Waals surface area contributed by atoms with Crippen molar-refractivity contribution in [3.8, 4) is 0 Å². The van der Waals surface area contributed by atoms with E-state index in [0.29, 0.717) is 18.6 Å². The topological polar surface area (TPSA) is 42.0 Å². The lowest BCUT2D eigenvalue weighted by Gasteiger charge is -2.37. The van der Waals surface area contributed by atoms with Crippen LogP contribution in [0.1, 0.15) is 50.0 Å². The van der Waals surface area contributed by atoms with Crippen LogP contribution in [0, 0.1) is 0 Å². The third-order valence-electron chi connectivity index (χ3n) is 6.72. The van der Waals surface area contributed by atoms with Gasteiger partial charge in [0.15, 0.2) is 0 Å². The lowest BCUT2D eigenvalue weighted by Crippen LogP contribution is -2.48. The second kappa shape index (κ2) is 9.38. The molecule has 5 nitrogen and oxygen atoms in total. The summed E-state index contributed by atoms with van der Waals surface area (Å²) >= 11 is 0. The lowest BCUT2D eigenvalue weighted by atomic mass is 9.87. The molecule has 1 aromatic rings. The van der Waals surface area contributed by atoms with E-state index in [0.717, 1.165) is 39.0 Å². The highest BCUT2D eigenvalue weighted by Crippen LogP contribution is 2.38. The number of likely N-dealkylation sites (N-methyl/N-ethyl adjacent to an activating group) is 1. The molecule has 1 aromatic carbocycles. The molecule has 3 fully saturated rings. The number of benzene rings is 1. The summed E-state index contributed by atoms with van der Waals surface area (Å²) in [4.78, 5) is 17.7. The third-order valence-corrected chi connectivity index (χ3v) is 6.72. The molecule has 5 heteroatoms. The Balaban J connectivity index is 1.46. The first kappa shape index (κ1) is 19.9. The largest absolute Gasteiger partial charge is 0.376 e. The second-order valence-electron chi connectivity index (χ2n) is 8.60. The van der Waals surface area contributed by atoms with E-state index in [1.54, 1.807) is 0 Å². The number of hydrogen-bond acceptors (Lipinski definition) is 4. The predicted octanol–water partition coefficient (Wildman–Crippen LogP) is 3.05. The molecule has 4 atom stereocenters. The Labute approximate surface area is 169 Å². The Morgan fingerprint density at radius 1 is 1.14 bits per heavy atom. The van der Waals surface area contributed by atoms with E-state index in [9.17, 15) is 4.79 Å². The third kappa shape index (κ3) is 4.42. The Hall–Kier alpha value is -1.43. The molecule has 0 aromatic heterocycles. The van der Waals surface area contributed by atoms with Gasteiger partial charge in [-0.25, -0.2) is 0 Å². The van der Waals surface area contributed by atoms with Crippen molar-refractivity contribution in [3.63, 3.8) is 0 Å². The number of likely N-dealkylation sites (tertiary alicyclic amines) is 2. The molecule has 0 aliphatic carbocycles. The smallest absolute Gasteiger partial charge is 0.248 e. The van der Waals surface area contributed by atoms with Crippen LogP contribution in [-0.2, 0) is 14.3 Å². The Bertz CT molecular complexity index is 632. The standard InChI is InChI=1S/C23H34N2O3/c1-24-13-7-3-6-12-21-23(24)20(18-9-4-2-5-10-18)15-25(21)22(26)17-27-16-19-11-8-14-28-19/h2,4-5,9-10,19-21,23H,3,6-8,11-17H2,1H3/t19?,20-,21+,23-/m0/s1. The van der Waals surface area contributed by atoms with Gasteiger partial charge in [0.1, 0.15) is 6.61 Å². The zero-order valence-corrected chi connectivity index (χ0v) is 17.1. The Morgan fingerprint density at radius 3 is 2.79 bits per heavy atom. The van der Waals surface area contributed by atoms with Gasteiger partial charge >= 0.3 is 0 Å². The highest BCUT2D eigenvalue weighted by atomic mass is 16.5. The molecule has 154 valence electrons. The maximum Gasteiger partial charge on any atom is 0.248 e. The zero-order valence-electron chi connectivity index (χ0n) is 17.1. The molecule has 3 heterocycles. The minimum absolute atomic E-state index is 0.139. The van der Waals surface area contributed by atoms with E-state index < -0.39 is 0 Å². The summed E-state index contributed by atoms with van der Waals surface area (Å²) < 4.78 is 11.4. The van der Waals surface area contributed by atoms with E-state index in [-0.39, 0.29) is 24.7 Å². The van der Waals surface area contributed by atoms with Gasteiger partial charge in [-0.1, -0.05) is 43.2 Å². The van der Waals surface area contributed by atoms with Crippen molar-refractivity contribution in [2.24, 2.45) is 0 Å². The number of fused-ring (bicyclic) bond motifs is 1. The van der Waals surface area contributed by atoms with Crippen LogP contribution >= 0.6 is 0 Å². The van der Waals surface area contributed by atoms with E-state index in [4.69, 9.17) is 9.47 Å². The van der Waals surface area contributed by atoms with Crippen LogP contribution in [0.25, 0.3) is 0 Å². The summed E-state index contributed by atoms with van der Waals surface area (Å²) in [6.45, 7) is 3.45. The summed E-state index contributed by atoms with van der Waals surface area (Å²) in [7, 11) is 2.24. The van der Waals surface area contributed by atoms with Crippen LogP contribution in [0.4, 0.5) is 0 Å². The molecular formula is C23H34N2O3. The average Bonchev–Trinajstić information content (AvgIpc) is 3.34. The van der Waals surface area contributed by atoms with Gasteiger partial charge < -0.3 is 19.3 Å². The van der Waals surface area contributed by atoms with Crippen LogP contribution in [0.5, 0.6) is 0 Å². The number of rotatable bonds is 5. The molecule has 0 N–H and O–H groups in total. The molecule has 0 bridgehead atoms. The number of amides is 1. The number of carbonyl (C=O) groups excluding carboxylic acids is 1. The van der Waals surface area contributed by atoms with Gasteiger partial charge in [0.05, 0.1) is 12.7 Å². The fraction of sp³-hybridized carbons (Fsp3) is 0.696. The molecule has 3 aliphatic rings. The van der Waals surface area contributed by atoms with Crippen molar-refractivity contribution < 1.29 is 14.3 Å². The highest BCUT2D eigenvalue weighted by Gasteiger charge is 2.46. The molecular weight excluding hydrogens is 352 g/mol. The molecule has 0 radical (unpaired) electrons. The first-order chi connectivity index (χ1) is 13.7. The van der Waals surface area contributed by atoms with E-state index in [2.05, 4.69) is 47.2 Å². The quantitative estimate of drug-likeness (QED) is 0.780. The van der Waals surface area contributed by atoms with Gasteiger partial charge in [0.2, 0.25) is 5.91 Å². The molecule has 3 aliphatic heterocycles. The number of carbonyl (C=O) groups is 1. The minimum atomic E-state index is 0.139. The van der Waals surface area contributed by atoms with Crippen molar-refractivity contribution >= 4 is 5.91 Å². The van der Waals surface area contributed by atoms with Crippen molar-refractivity contribution in [2.45, 2.75) is 62.6 Å². The fourth-order valence-electron chi connectivity index (χ4n) is 5.30. The SMILES string of the molecule is CN1CCCCC[C@@H]2[C@@H]1[C@H](c1ccccc1)CN2C(=O)COCC1CCCO1. The summed E-state index contributed by atoms with van der Waals surface area (Å²) in [6, 6.07) is 11.4. The minimum Gasteiger partial charge on any atom is -0.376 e. The Morgan fingerprint density at radius 2 is 2.00 bits per heavy atom. The van der Waals surface area contributed by atoms with Crippen molar-refractivity contribution in [1.29, 1.82) is 0 Å². The van der Waals surface area contributed by atoms with Crippen LogP contribution in [0.2, 0.25) is 0 Å². The monoisotopic (exact) mass is 386 g/mol. The van der Waals surface area contributed by atoms with Crippen LogP contribution < -0.4 is 0 Å². The molecule has 4 rings (SSSR count). The first-order valence-electron chi connectivity index (χ1n) is 11.0. The summed E-state index contributed by atoms with van der Waals surface area (Å²) in [5, 5.41) is 0. The summed E-state index contributed by atoms with van der Waals surface area (Å²) in [5.74, 6) is 0.511. The second-order valence-corrected chi connectivity index (χ2v) is 8.60. The zero-order chi connectivity index (χ0) is 19.3. The molecule has 3 saturated heterocycles.